The molecule has 1 aromatic rings. The smallest absolute Gasteiger partial charge is 0.203 e. The molecule has 0 fully saturated rings. The van der Waals surface area contributed by atoms with Gasteiger partial charge in [-0.3, -0.25) is 0 Å². The Morgan fingerprint density at radius 2 is 1.65 bits per heavy atom. The molecule has 0 aliphatic heterocycles. The molecule has 0 spiro atoms. The number of rotatable bonds is 8. The second kappa shape index (κ2) is 9.69. The molecule has 0 aliphatic carbocycles. The van der Waals surface area contributed by atoms with E-state index in [4.69, 9.17) is 25.7 Å². The molecule has 4 N–H and O–H groups in total. The summed E-state index contributed by atoms with van der Waals surface area (Å²) < 4.78 is 16.0. The fourth-order valence-corrected chi connectivity index (χ4v) is 2.08. The summed E-state index contributed by atoms with van der Waals surface area (Å²) in [5, 5.41) is 0. The highest BCUT2D eigenvalue weighted by molar-refractivity contribution is 5.85. The fraction of sp³-hybridized carbons (Fsp3) is 0.571. The highest BCUT2D eigenvalue weighted by Crippen LogP contribution is 2.42. The highest BCUT2D eigenvalue weighted by atomic mass is 35.5. The van der Waals surface area contributed by atoms with E-state index < -0.39 is 0 Å². The quantitative estimate of drug-likeness (QED) is 0.720. The first kappa shape index (κ1) is 18.8. The van der Waals surface area contributed by atoms with Crippen LogP contribution in [0.15, 0.2) is 12.1 Å². The Bertz CT molecular complexity index is 402. The second-order valence-electron chi connectivity index (χ2n) is 4.31. The van der Waals surface area contributed by atoms with Crippen LogP contribution in [-0.4, -0.2) is 27.9 Å². The third-order valence-corrected chi connectivity index (χ3v) is 3.10. The Balaban J connectivity index is 0.00000361. The Morgan fingerprint density at radius 3 is 2.15 bits per heavy atom. The van der Waals surface area contributed by atoms with Gasteiger partial charge in [-0.15, -0.1) is 12.4 Å². The first-order valence-corrected chi connectivity index (χ1v) is 6.44. The van der Waals surface area contributed by atoms with Gasteiger partial charge in [-0.2, -0.15) is 0 Å². The summed E-state index contributed by atoms with van der Waals surface area (Å²) in [6.45, 7) is 0.690. The molecule has 1 atom stereocenters. The van der Waals surface area contributed by atoms with Crippen LogP contribution in [0.1, 0.15) is 30.9 Å². The van der Waals surface area contributed by atoms with Gasteiger partial charge in [-0.1, -0.05) is 6.42 Å². The van der Waals surface area contributed by atoms with Crippen molar-refractivity contribution in [2.45, 2.75) is 25.3 Å². The molecule has 116 valence electrons. The standard InChI is InChI=1S/C14H24N2O3.ClH/c1-17-12-8-7-10(11(16)6-4-5-9-15)13(18-2)14(12)19-3;/h7-8,11H,4-6,9,15-16H2,1-3H3;1H/t11-;/m0./s1. The zero-order chi connectivity index (χ0) is 14.3. The minimum Gasteiger partial charge on any atom is -0.493 e. The summed E-state index contributed by atoms with van der Waals surface area (Å²) >= 11 is 0. The van der Waals surface area contributed by atoms with Crippen molar-refractivity contribution in [1.82, 2.24) is 0 Å². The van der Waals surface area contributed by atoms with E-state index >= 15 is 0 Å². The fourth-order valence-electron chi connectivity index (χ4n) is 2.08. The molecule has 0 aliphatic rings. The molecule has 0 radical (unpaired) electrons. The third-order valence-electron chi connectivity index (χ3n) is 3.10. The molecule has 0 saturated carbocycles. The average molecular weight is 305 g/mol. The molecule has 0 bridgehead atoms. The zero-order valence-corrected chi connectivity index (χ0v) is 13.2. The molecule has 0 unspecified atom stereocenters. The minimum atomic E-state index is -0.0960. The Hall–Kier alpha value is -1.17. The van der Waals surface area contributed by atoms with Crippen molar-refractivity contribution in [2.24, 2.45) is 11.5 Å². The lowest BCUT2D eigenvalue weighted by Crippen LogP contribution is -2.13. The van der Waals surface area contributed by atoms with E-state index in [0.29, 0.717) is 23.8 Å². The molecular formula is C14H25ClN2O3. The maximum absolute atomic E-state index is 6.21. The topological polar surface area (TPSA) is 79.7 Å². The molecule has 20 heavy (non-hydrogen) atoms. The number of methoxy groups -OCH3 is 3. The van der Waals surface area contributed by atoms with E-state index in [1.807, 2.05) is 12.1 Å². The molecule has 1 rings (SSSR count). The van der Waals surface area contributed by atoms with Gasteiger partial charge in [-0.25, -0.2) is 0 Å². The zero-order valence-electron chi connectivity index (χ0n) is 12.3. The lowest BCUT2D eigenvalue weighted by atomic mass is 10.00. The van der Waals surface area contributed by atoms with Gasteiger partial charge in [0.15, 0.2) is 11.5 Å². The Labute approximate surface area is 127 Å². The molecule has 1 aromatic carbocycles. The normalized spacial score (nSPS) is 11.4. The number of hydrogen-bond donors (Lipinski definition) is 2. The first-order chi connectivity index (χ1) is 9.19. The summed E-state index contributed by atoms with van der Waals surface area (Å²) in [6.07, 6.45) is 2.83. The molecule has 0 amide bonds. The SMILES string of the molecule is COc1ccc([C@@H](N)CCCCN)c(OC)c1OC.Cl. The molecule has 0 saturated heterocycles. The van der Waals surface area contributed by atoms with Gasteiger partial charge in [-0.05, 0) is 31.5 Å². The minimum absolute atomic E-state index is 0. The molecular weight excluding hydrogens is 280 g/mol. The van der Waals surface area contributed by atoms with E-state index in [1.165, 1.54) is 0 Å². The number of hydrogen-bond acceptors (Lipinski definition) is 5. The van der Waals surface area contributed by atoms with Crippen LogP contribution < -0.4 is 25.7 Å². The van der Waals surface area contributed by atoms with Gasteiger partial charge in [0, 0.05) is 11.6 Å². The number of unbranched alkanes of at least 4 members (excludes halogenated alkanes) is 1. The largest absolute Gasteiger partial charge is 0.493 e. The maximum atomic E-state index is 6.21. The van der Waals surface area contributed by atoms with Crippen molar-refractivity contribution in [2.75, 3.05) is 27.9 Å². The van der Waals surface area contributed by atoms with Gasteiger partial charge >= 0.3 is 0 Å². The number of ether oxygens (including phenoxy) is 3. The molecule has 6 heteroatoms. The predicted octanol–water partition coefficient (Wildman–Crippen LogP) is 2.26. The third kappa shape index (κ3) is 4.44. The van der Waals surface area contributed by atoms with Crippen LogP contribution in [0.25, 0.3) is 0 Å². The molecule has 5 nitrogen and oxygen atoms in total. The van der Waals surface area contributed by atoms with Crippen molar-refractivity contribution in [3.8, 4) is 17.2 Å². The maximum Gasteiger partial charge on any atom is 0.203 e. The van der Waals surface area contributed by atoms with Crippen molar-refractivity contribution in [1.29, 1.82) is 0 Å². The Kier molecular flexibility index (Phi) is 9.12. The number of halogens is 1. The summed E-state index contributed by atoms with van der Waals surface area (Å²) in [5.74, 6) is 1.86. The summed E-state index contributed by atoms with van der Waals surface area (Å²) in [5.41, 5.74) is 12.6. The lowest BCUT2D eigenvalue weighted by Gasteiger charge is -2.19. The average Bonchev–Trinajstić information content (AvgIpc) is 2.45. The van der Waals surface area contributed by atoms with Crippen LogP contribution in [0.3, 0.4) is 0 Å². The van der Waals surface area contributed by atoms with E-state index in [0.717, 1.165) is 24.8 Å². The van der Waals surface area contributed by atoms with Gasteiger partial charge in [0.05, 0.1) is 21.3 Å². The molecule has 0 heterocycles. The number of benzene rings is 1. The van der Waals surface area contributed by atoms with E-state index in [1.54, 1.807) is 21.3 Å². The summed E-state index contributed by atoms with van der Waals surface area (Å²) in [4.78, 5) is 0. The highest BCUT2D eigenvalue weighted by Gasteiger charge is 2.19. The predicted molar refractivity (Wildman–Crippen MR) is 83.2 cm³/mol. The van der Waals surface area contributed by atoms with Gasteiger partial charge in [0.1, 0.15) is 0 Å². The van der Waals surface area contributed by atoms with Crippen molar-refractivity contribution >= 4 is 12.4 Å². The van der Waals surface area contributed by atoms with Crippen LogP contribution in [0, 0.1) is 0 Å². The molecule has 0 aromatic heterocycles. The van der Waals surface area contributed by atoms with E-state index in [2.05, 4.69) is 0 Å². The van der Waals surface area contributed by atoms with E-state index in [9.17, 15) is 0 Å². The first-order valence-electron chi connectivity index (χ1n) is 6.44. The number of nitrogens with two attached hydrogens (primary N) is 2. The van der Waals surface area contributed by atoms with Crippen LogP contribution >= 0.6 is 12.4 Å². The second-order valence-corrected chi connectivity index (χ2v) is 4.31. The summed E-state index contributed by atoms with van der Waals surface area (Å²) in [6, 6.07) is 3.67. The lowest BCUT2D eigenvalue weighted by molar-refractivity contribution is 0.320. The summed E-state index contributed by atoms with van der Waals surface area (Å²) in [7, 11) is 4.79. The van der Waals surface area contributed by atoms with Crippen molar-refractivity contribution < 1.29 is 14.2 Å². The van der Waals surface area contributed by atoms with Crippen molar-refractivity contribution in [3.05, 3.63) is 17.7 Å². The van der Waals surface area contributed by atoms with Gasteiger partial charge < -0.3 is 25.7 Å². The van der Waals surface area contributed by atoms with Crippen LogP contribution in [0.4, 0.5) is 0 Å². The van der Waals surface area contributed by atoms with E-state index in [-0.39, 0.29) is 18.4 Å². The van der Waals surface area contributed by atoms with Gasteiger partial charge in [0.25, 0.3) is 0 Å². The van der Waals surface area contributed by atoms with Crippen LogP contribution in [0.2, 0.25) is 0 Å². The Morgan fingerprint density at radius 1 is 1.00 bits per heavy atom. The van der Waals surface area contributed by atoms with Gasteiger partial charge in [0.2, 0.25) is 5.75 Å². The monoisotopic (exact) mass is 304 g/mol. The van der Waals surface area contributed by atoms with Crippen LogP contribution in [0.5, 0.6) is 17.2 Å². The van der Waals surface area contributed by atoms with Crippen molar-refractivity contribution in [3.63, 3.8) is 0 Å². The van der Waals surface area contributed by atoms with Crippen LogP contribution in [-0.2, 0) is 0 Å².